The van der Waals surface area contributed by atoms with Gasteiger partial charge in [-0.3, -0.25) is 0 Å². The lowest BCUT2D eigenvalue weighted by molar-refractivity contribution is 0.173. The third-order valence-corrected chi connectivity index (χ3v) is 2.98. The number of ether oxygens (including phenoxy) is 1. The lowest BCUT2D eigenvalue weighted by Gasteiger charge is -2.09. The summed E-state index contributed by atoms with van der Waals surface area (Å²) in [5.74, 6) is 0.925. The van der Waals surface area contributed by atoms with E-state index in [1.165, 1.54) is 18.4 Å². The van der Waals surface area contributed by atoms with Gasteiger partial charge in [-0.05, 0) is 37.0 Å². The van der Waals surface area contributed by atoms with Gasteiger partial charge in [0.2, 0.25) is 0 Å². The molecule has 0 radical (unpaired) electrons. The Labute approximate surface area is 110 Å². The van der Waals surface area contributed by atoms with Gasteiger partial charge < -0.3 is 15.6 Å². The average Bonchev–Trinajstić information content (AvgIpc) is 2.42. The van der Waals surface area contributed by atoms with Crippen molar-refractivity contribution in [1.29, 1.82) is 0 Å². The van der Waals surface area contributed by atoms with Gasteiger partial charge in [-0.25, -0.2) is 0 Å². The van der Waals surface area contributed by atoms with E-state index < -0.39 is 6.10 Å². The van der Waals surface area contributed by atoms with Crippen LogP contribution in [0.15, 0.2) is 24.3 Å². The van der Waals surface area contributed by atoms with E-state index in [1.54, 1.807) is 0 Å². The maximum atomic E-state index is 9.39. The molecular weight excluding hydrogens is 226 g/mol. The Morgan fingerprint density at radius 2 is 1.94 bits per heavy atom. The number of benzene rings is 1. The Morgan fingerprint density at radius 1 is 1.22 bits per heavy atom. The van der Waals surface area contributed by atoms with E-state index in [4.69, 9.17) is 10.5 Å². The van der Waals surface area contributed by atoms with Crippen LogP contribution in [-0.2, 0) is 6.42 Å². The molecule has 0 aliphatic heterocycles. The van der Waals surface area contributed by atoms with E-state index in [0.717, 1.165) is 25.2 Å². The van der Waals surface area contributed by atoms with Gasteiger partial charge in [-0.1, -0.05) is 31.9 Å². The smallest absolute Gasteiger partial charge is 0.119 e. The molecule has 0 saturated carbocycles. The first kappa shape index (κ1) is 15.0. The summed E-state index contributed by atoms with van der Waals surface area (Å²) in [6.45, 7) is 3.31. The Kier molecular flexibility index (Phi) is 7.46. The zero-order valence-electron chi connectivity index (χ0n) is 11.3. The minimum Gasteiger partial charge on any atom is -0.494 e. The fourth-order valence-electron chi connectivity index (χ4n) is 1.75. The quantitative estimate of drug-likeness (QED) is 0.663. The van der Waals surface area contributed by atoms with Crippen LogP contribution in [0.5, 0.6) is 5.75 Å². The summed E-state index contributed by atoms with van der Waals surface area (Å²) in [4.78, 5) is 0. The molecule has 3 N–H and O–H groups in total. The van der Waals surface area contributed by atoms with Gasteiger partial charge in [-0.2, -0.15) is 0 Å². The Morgan fingerprint density at radius 3 is 2.56 bits per heavy atom. The minimum absolute atomic E-state index is 0.332. The standard InChI is InChI=1S/C15H25NO2/c1-2-3-4-11-18-15-9-6-13(7-10-15)5-8-14(17)12-16/h6-7,9-10,14,17H,2-5,8,11-12,16H2,1H3. The van der Waals surface area contributed by atoms with Gasteiger partial charge >= 0.3 is 0 Å². The van der Waals surface area contributed by atoms with Crippen LogP contribution >= 0.6 is 0 Å². The average molecular weight is 251 g/mol. The van der Waals surface area contributed by atoms with Gasteiger partial charge in [0, 0.05) is 6.54 Å². The van der Waals surface area contributed by atoms with Gasteiger partial charge in [0.25, 0.3) is 0 Å². The molecular formula is C15H25NO2. The van der Waals surface area contributed by atoms with Crippen molar-refractivity contribution in [1.82, 2.24) is 0 Å². The third-order valence-electron chi connectivity index (χ3n) is 2.98. The number of aliphatic hydroxyl groups is 1. The Bertz CT molecular complexity index is 311. The van der Waals surface area contributed by atoms with Gasteiger partial charge in [0.1, 0.15) is 5.75 Å². The summed E-state index contributed by atoms with van der Waals surface area (Å²) >= 11 is 0. The first-order valence-corrected chi connectivity index (χ1v) is 6.86. The molecule has 1 rings (SSSR count). The topological polar surface area (TPSA) is 55.5 Å². The molecule has 0 aliphatic carbocycles. The largest absolute Gasteiger partial charge is 0.494 e. The van der Waals surface area contributed by atoms with E-state index in [1.807, 2.05) is 12.1 Å². The number of rotatable bonds is 9. The van der Waals surface area contributed by atoms with Crippen molar-refractivity contribution in [2.75, 3.05) is 13.2 Å². The maximum absolute atomic E-state index is 9.39. The van der Waals surface area contributed by atoms with Crippen LogP contribution in [0.25, 0.3) is 0 Å². The molecule has 0 heterocycles. The molecule has 102 valence electrons. The van der Waals surface area contributed by atoms with E-state index in [2.05, 4.69) is 19.1 Å². The molecule has 0 fully saturated rings. The van der Waals surface area contributed by atoms with E-state index in [-0.39, 0.29) is 0 Å². The lowest BCUT2D eigenvalue weighted by atomic mass is 10.1. The monoisotopic (exact) mass is 251 g/mol. The summed E-state index contributed by atoms with van der Waals surface area (Å²) in [6, 6.07) is 8.10. The first-order chi connectivity index (χ1) is 8.76. The zero-order chi connectivity index (χ0) is 13.2. The number of aliphatic hydroxyl groups excluding tert-OH is 1. The second-order valence-electron chi connectivity index (χ2n) is 4.63. The van der Waals surface area contributed by atoms with Crippen molar-refractivity contribution in [2.45, 2.75) is 45.1 Å². The third kappa shape index (κ3) is 6.03. The molecule has 18 heavy (non-hydrogen) atoms. The highest BCUT2D eigenvalue weighted by atomic mass is 16.5. The summed E-state index contributed by atoms with van der Waals surface area (Å²) < 4.78 is 5.64. The second kappa shape index (κ2) is 8.95. The first-order valence-electron chi connectivity index (χ1n) is 6.86. The molecule has 0 spiro atoms. The SMILES string of the molecule is CCCCCOc1ccc(CCC(O)CN)cc1. The highest BCUT2D eigenvalue weighted by Gasteiger charge is 2.02. The van der Waals surface area contributed by atoms with Crippen LogP contribution < -0.4 is 10.5 Å². The van der Waals surface area contributed by atoms with E-state index in [9.17, 15) is 5.11 Å². The van der Waals surface area contributed by atoms with Crippen LogP contribution in [0, 0.1) is 0 Å². The number of aryl methyl sites for hydroxylation is 1. The van der Waals surface area contributed by atoms with Crippen LogP contribution in [0.2, 0.25) is 0 Å². The number of unbranched alkanes of at least 4 members (excludes halogenated alkanes) is 2. The molecule has 1 aromatic carbocycles. The molecule has 0 aromatic heterocycles. The summed E-state index contributed by atoms with van der Waals surface area (Å²) in [5.41, 5.74) is 6.58. The molecule has 3 nitrogen and oxygen atoms in total. The zero-order valence-corrected chi connectivity index (χ0v) is 11.3. The maximum Gasteiger partial charge on any atom is 0.119 e. The molecule has 1 unspecified atom stereocenters. The molecule has 0 bridgehead atoms. The van der Waals surface area contributed by atoms with Gasteiger partial charge in [0.05, 0.1) is 12.7 Å². The van der Waals surface area contributed by atoms with Crippen molar-refractivity contribution in [3.8, 4) is 5.75 Å². The van der Waals surface area contributed by atoms with Crippen LogP contribution in [0.1, 0.15) is 38.2 Å². The lowest BCUT2D eigenvalue weighted by Crippen LogP contribution is -2.20. The highest BCUT2D eigenvalue weighted by molar-refractivity contribution is 5.27. The van der Waals surface area contributed by atoms with Crippen molar-refractivity contribution in [3.63, 3.8) is 0 Å². The molecule has 1 aromatic rings. The van der Waals surface area contributed by atoms with Crippen molar-refractivity contribution >= 4 is 0 Å². The number of hydrogen-bond acceptors (Lipinski definition) is 3. The van der Waals surface area contributed by atoms with Crippen molar-refractivity contribution in [2.24, 2.45) is 5.73 Å². The number of nitrogens with two attached hydrogens (primary N) is 1. The van der Waals surface area contributed by atoms with Gasteiger partial charge in [-0.15, -0.1) is 0 Å². The summed E-state index contributed by atoms with van der Waals surface area (Å²) in [5, 5.41) is 9.39. The fourth-order valence-corrected chi connectivity index (χ4v) is 1.75. The van der Waals surface area contributed by atoms with E-state index >= 15 is 0 Å². The Balaban J connectivity index is 2.28. The minimum atomic E-state index is -0.394. The molecule has 0 saturated heterocycles. The van der Waals surface area contributed by atoms with Crippen molar-refractivity contribution < 1.29 is 9.84 Å². The normalized spacial score (nSPS) is 12.4. The molecule has 3 heteroatoms. The van der Waals surface area contributed by atoms with Crippen LogP contribution in [-0.4, -0.2) is 24.4 Å². The highest BCUT2D eigenvalue weighted by Crippen LogP contribution is 2.14. The molecule has 0 amide bonds. The fraction of sp³-hybridized carbons (Fsp3) is 0.600. The predicted octanol–water partition coefficient (Wildman–Crippen LogP) is 2.51. The molecule has 1 atom stereocenters. The molecule has 0 aliphatic rings. The van der Waals surface area contributed by atoms with Crippen LogP contribution in [0.3, 0.4) is 0 Å². The Hall–Kier alpha value is -1.06. The van der Waals surface area contributed by atoms with Crippen molar-refractivity contribution in [3.05, 3.63) is 29.8 Å². The number of hydrogen-bond donors (Lipinski definition) is 2. The summed E-state index contributed by atoms with van der Waals surface area (Å²) in [6.07, 6.45) is 4.72. The summed E-state index contributed by atoms with van der Waals surface area (Å²) in [7, 11) is 0. The van der Waals surface area contributed by atoms with E-state index in [0.29, 0.717) is 13.0 Å². The predicted molar refractivity (Wildman–Crippen MR) is 74.8 cm³/mol. The second-order valence-corrected chi connectivity index (χ2v) is 4.63. The van der Waals surface area contributed by atoms with Gasteiger partial charge in [0.15, 0.2) is 0 Å². The van der Waals surface area contributed by atoms with Crippen LogP contribution in [0.4, 0.5) is 0 Å².